The monoisotopic (exact) mass is 324 g/mol. The van der Waals surface area contributed by atoms with Crippen molar-refractivity contribution in [3.05, 3.63) is 35.8 Å². The molecule has 1 aliphatic heterocycles. The van der Waals surface area contributed by atoms with Crippen LogP contribution in [0.15, 0.2) is 35.8 Å². The fraction of sp³-hybridized carbons (Fsp3) is 0.389. The van der Waals surface area contributed by atoms with E-state index in [1.165, 1.54) is 16.4 Å². The first-order valence-electron chi connectivity index (χ1n) is 8.11. The molecule has 3 aliphatic rings. The van der Waals surface area contributed by atoms with Gasteiger partial charge in [-0.1, -0.05) is 12.1 Å². The van der Waals surface area contributed by atoms with Crippen LogP contribution in [0.25, 0.3) is 11.1 Å². The van der Waals surface area contributed by atoms with Crippen LogP contribution in [0.4, 0.5) is 5.69 Å². The van der Waals surface area contributed by atoms with Crippen LogP contribution in [0.5, 0.6) is 0 Å². The summed E-state index contributed by atoms with van der Waals surface area (Å²) in [6, 6.07) is 7.68. The maximum Gasteiger partial charge on any atom is 0.237 e. The van der Waals surface area contributed by atoms with Gasteiger partial charge >= 0.3 is 0 Å². The first kappa shape index (κ1) is 13.4. The van der Waals surface area contributed by atoms with Crippen LogP contribution in [0.2, 0.25) is 0 Å². The van der Waals surface area contributed by atoms with Gasteiger partial charge in [-0.15, -0.1) is 0 Å². The normalized spacial score (nSPS) is 31.9. The van der Waals surface area contributed by atoms with Gasteiger partial charge in [-0.2, -0.15) is 0 Å². The van der Waals surface area contributed by atoms with E-state index in [0.717, 1.165) is 30.4 Å². The lowest BCUT2D eigenvalue weighted by Crippen LogP contribution is -2.32. The van der Waals surface area contributed by atoms with E-state index >= 15 is 0 Å². The zero-order valence-corrected chi connectivity index (χ0v) is 13.3. The number of nitrogens with zero attached hydrogens (tertiary/aromatic N) is 2. The molecule has 1 saturated heterocycles. The van der Waals surface area contributed by atoms with Gasteiger partial charge in [0.05, 0.1) is 17.5 Å². The molecule has 2 aliphatic carbocycles. The molecular formula is C18H16N2O2S. The Morgan fingerprint density at radius 1 is 0.957 bits per heavy atom. The van der Waals surface area contributed by atoms with Gasteiger partial charge in [-0.3, -0.25) is 14.5 Å². The highest BCUT2D eigenvalue weighted by molar-refractivity contribution is 7.03. The van der Waals surface area contributed by atoms with Crippen LogP contribution >= 0.6 is 11.5 Å². The van der Waals surface area contributed by atoms with Crippen molar-refractivity contribution in [3.63, 3.8) is 0 Å². The van der Waals surface area contributed by atoms with E-state index in [9.17, 15) is 9.59 Å². The van der Waals surface area contributed by atoms with Gasteiger partial charge in [0, 0.05) is 17.1 Å². The molecule has 116 valence electrons. The van der Waals surface area contributed by atoms with Crippen LogP contribution in [-0.2, 0) is 9.59 Å². The lowest BCUT2D eigenvalue weighted by molar-refractivity contribution is -0.123. The average Bonchev–Trinajstić information content (AvgIpc) is 3.33. The maximum absolute atomic E-state index is 12.8. The van der Waals surface area contributed by atoms with Crippen molar-refractivity contribution < 1.29 is 9.59 Å². The molecule has 4 atom stereocenters. The molecule has 2 saturated carbocycles. The number of carbonyl (C=O) groups is 2. The zero-order valence-electron chi connectivity index (χ0n) is 12.5. The average molecular weight is 324 g/mol. The summed E-state index contributed by atoms with van der Waals surface area (Å²) in [7, 11) is 0. The summed E-state index contributed by atoms with van der Waals surface area (Å²) < 4.78 is 4.11. The summed E-state index contributed by atoms with van der Waals surface area (Å²) >= 11 is 1.41. The molecule has 0 N–H and O–H groups in total. The van der Waals surface area contributed by atoms with E-state index in [4.69, 9.17) is 0 Å². The Morgan fingerprint density at radius 3 is 2.17 bits per heavy atom. The van der Waals surface area contributed by atoms with E-state index in [1.54, 1.807) is 0 Å². The molecule has 5 heteroatoms. The minimum absolute atomic E-state index is 0.0251. The summed E-state index contributed by atoms with van der Waals surface area (Å²) in [4.78, 5) is 27.0. The number of imide groups is 1. The summed E-state index contributed by atoms with van der Waals surface area (Å²) in [5, 5.41) is 1.99. The number of rotatable bonds is 2. The van der Waals surface area contributed by atoms with Gasteiger partial charge in [0.15, 0.2) is 0 Å². The zero-order chi connectivity index (χ0) is 15.6. The van der Waals surface area contributed by atoms with E-state index in [0.29, 0.717) is 17.5 Å². The van der Waals surface area contributed by atoms with E-state index in [2.05, 4.69) is 4.37 Å². The molecule has 2 heterocycles. The number of benzene rings is 1. The number of amides is 2. The highest BCUT2D eigenvalue weighted by Crippen LogP contribution is 2.56. The molecule has 2 bridgehead atoms. The molecule has 1 aromatic heterocycles. The van der Waals surface area contributed by atoms with Crippen LogP contribution in [-0.4, -0.2) is 16.2 Å². The number of carbonyl (C=O) groups excluding carboxylic acids is 2. The molecule has 2 amide bonds. The van der Waals surface area contributed by atoms with Gasteiger partial charge in [-0.05, 0) is 60.3 Å². The van der Waals surface area contributed by atoms with Crippen LogP contribution in [0.1, 0.15) is 19.3 Å². The van der Waals surface area contributed by atoms with Crippen molar-refractivity contribution in [2.24, 2.45) is 23.7 Å². The molecular weight excluding hydrogens is 308 g/mol. The molecule has 0 radical (unpaired) electrons. The molecule has 23 heavy (non-hydrogen) atoms. The van der Waals surface area contributed by atoms with Crippen molar-refractivity contribution in [1.82, 2.24) is 4.37 Å². The number of aromatic nitrogens is 1. The van der Waals surface area contributed by atoms with Gasteiger partial charge in [0.2, 0.25) is 11.8 Å². The predicted molar refractivity (Wildman–Crippen MR) is 87.9 cm³/mol. The second-order valence-electron chi connectivity index (χ2n) is 6.86. The van der Waals surface area contributed by atoms with Crippen LogP contribution in [0, 0.1) is 23.7 Å². The van der Waals surface area contributed by atoms with Gasteiger partial charge in [0.25, 0.3) is 0 Å². The van der Waals surface area contributed by atoms with Crippen LogP contribution < -0.4 is 4.90 Å². The third kappa shape index (κ3) is 1.80. The molecule has 0 spiro atoms. The Morgan fingerprint density at radius 2 is 1.61 bits per heavy atom. The predicted octanol–water partition coefficient (Wildman–Crippen LogP) is 3.35. The van der Waals surface area contributed by atoms with E-state index in [-0.39, 0.29) is 23.7 Å². The van der Waals surface area contributed by atoms with Crippen LogP contribution in [0.3, 0.4) is 0 Å². The highest BCUT2D eigenvalue weighted by Gasteiger charge is 2.61. The quantitative estimate of drug-likeness (QED) is 0.796. The third-order valence-corrected chi connectivity index (χ3v) is 6.41. The molecule has 3 fully saturated rings. The van der Waals surface area contributed by atoms with Crippen molar-refractivity contribution in [2.45, 2.75) is 19.3 Å². The standard InChI is InChI=1S/C18H16N2O2S/c21-17-15-11-1-2-12(7-11)16(15)18(22)20(17)14-5-3-10(4-6-14)13-8-19-23-9-13/h3-6,8-9,11-12,15-16H,1-2,7H2/t11-,12+,15-,16+. The Balaban J connectivity index is 1.48. The SMILES string of the molecule is O=C1[C@@H]2[C@@H]3CC[C@@H](C3)[C@@H]2C(=O)N1c1ccc(-c2cnsc2)cc1. The lowest BCUT2D eigenvalue weighted by Gasteiger charge is -2.19. The fourth-order valence-corrected chi connectivity index (χ4v) is 5.36. The van der Waals surface area contributed by atoms with Crippen molar-refractivity contribution in [1.29, 1.82) is 0 Å². The Kier molecular flexibility index (Phi) is 2.77. The Bertz CT molecular complexity index is 756. The molecule has 4 nitrogen and oxygen atoms in total. The smallest absolute Gasteiger partial charge is 0.237 e. The third-order valence-electron chi connectivity index (χ3n) is 5.82. The van der Waals surface area contributed by atoms with Crippen molar-refractivity contribution in [3.8, 4) is 11.1 Å². The minimum atomic E-state index is -0.0537. The summed E-state index contributed by atoms with van der Waals surface area (Å²) in [5.74, 6) is 0.809. The van der Waals surface area contributed by atoms with Crippen molar-refractivity contribution in [2.75, 3.05) is 4.90 Å². The first-order valence-corrected chi connectivity index (χ1v) is 8.95. The number of hydrogen-bond acceptors (Lipinski definition) is 4. The second-order valence-corrected chi connectivity index (χ2v) is 7.51. The summed E-state index contributed by atoms with van der Waals surface area (Å²) in [5.41, 5.74) is 2.83. The fourth-order valence-electron chi connectivity index (χ4n) is 4.81. The Labute approximate surface area is 138 Å². The van der Waals surface area contributed by atoms with E-state index < -0.39 is 0 Å². The number of hydrogen-bond donors (Lipinski definition) is 0. The first-order chi connectivity index (χ1) is 11.2. The molecule has 5 rings (SSSR count). The summed E-state index contributed by atoms with van der Waals surface area (Å²) in [6.07, 6.45) is 5.13. The summed E-state index contributed by atoms with van der Waals surface area (Å²) in [6.45, 7) is 0. The van der Waals surface area contributed by atoms with Gasteiger partial charge in [0.1, 0.15) is 0 Å². The molecule has 0 unspecified atom stereocenters. The highest BCUT2D eigenvalue weighted by atomic mass is 32.1. The van der Waals surface area contributed by atoms with Crippen molar-refractivity contribution >= 4 is 29.0 Å². The van der Waals surface area contributed by atoms with Gasteiger partial charge in [-0.25, -0.2) is 4.37 Å². The topological polar surface area (TPSA) is 50.3 Å². The molecule has 1 aromatic carbocycles. The number of fused-ring (bicyclic) bond motifs is 5. The maximum atomic E-state index is 12.8. The Hall–Kier alpha value is -2.01. The largest absolute Gasteiger partial charge is 0.274 e. The minimum Gasteiger partial charge on any atom is -0.274 e. The van der Waals surface area contributed by atoms with Gasteiger partial charge < -0.3 is 0 Å². The number of anilines is 1. The van der Waals surface area contributed by atoms with E-state index in [1.807, 2.05) is 35.8 Å². The lowest BCUT2D eigenvalue weighted by atomic mass is 9.81. The second kappa shape index (κ2) is 4.74. The molecule has 2 aromatic rings.